The van der Waals surface area contributed by atoms with Crippen LogP contribution < -0.4 is 4.74 Å². The van der Waals surface area contributed by atoms with Crippen molar-refractivity contribution in [3.05, 3.63) is 59.4 Å². The first-order valence-corrected chi connectivity index (χ1v) is 14.0. The number of nitrogens with zero attached hydrogens (tertiary/aromatic N) is 1. The SMILES string of the molecule is CCCCCCCCCOc1ccc(CCc2ccc(CCCCCCCCC)cn2)cc1. The molecule has 1 aromatic carbocycles. The van der Waals surface area contributed by atoms with Crippen molar-refractivity contribution in [1.82, 2.24) is 4.98 Å². The molecule has 2 heteroatoms. The molecule has 0 bridgehead atoms. The summed E-state index contributed by atoms with van der Waals surface area (Å²) in [6.45, 7) is 5.38. The van der Waals surface area contributed by atoms with E-state index in [0.717, 1.165) is 31.6 Å². The zero-order valence-corrected chi connectivity index (χ0v) is 21.6. The van der Waals surface area contributed by atoms with Crippen molar-refractivity contribution < 1.29 is 4.74 Å². The molecule has 2 nitrogen and oxygen atoms in total. The maximum Gasteiger partial charge on any atom is 0.119 e. The van der Waals surface area contributed by atoms with Crippen molar-refractivity contribution in [3.8, 4) is 5.75 Å². The van der Waals surface area contributed by atoms with Gasteiger partial charge in [-0.2, -0.15) is 0 Å². The molecule has 2 aromatic rings. The second-order valence-electron chi connectivity index (χ2n) is 9.64. The summed E-state index contributed by atoms with van der Waals surface area (Å²) < 4.78 is 5.92. The first kappa shape index (κ1) is 27.4. The van der Waals surface area contributed by atoms with Crippen LogP contribution in [0.2, 0.25) is 0 Å². The highest BCUT2D eigenvalue weighted by Crippen LogP contribution is 2.16. The van der Waals surface area contributed by atoms with Gasteiger partial charge in [-0.05, 0) is 61.4 Å². The van der Waals surface area contributed by atoms with Gasteiger partial charge in [0, 0.05) is 11.9 Å². The summed E-state index contributed by atoms with van der Waals surface area (Å²) >= 11 is 0. The number of rotatable bonds is 20. The van der Waals surface area contributed by atoms with Crippen LogP contribution >= 0.6 is 0 Å². The van der Waals surface area contributed by atoms with E-state index in [-0.39, 0.29) is 0 Å². The molecule has 0 atom stereocenters. The van der Waals surface area contributed by atoms with E-state index in [1.807, 2.05) is 0 Å². The molecule has 184 valence electrons. The van der Waals surface area contributed by atoms with E-state index >= 15 is 0 Å². The number of unbranched alkanes of at least 4 members (excludes halogenated alkanes) is 12. The van der Waals surface area contributed by atoms with E-state index in [1.54, 1.807) is 0 Å². The number of pyridine rings is 1. The molecule has 0 radical (unpaired) electrons. The predicted molar refractivity (Wildman–Crippen MR) is 143 cm³/mol. The third-order valence-corrected chi connectivity index (χ3v) is 6.56. The molecule has 1 aromatic heterocycles. The van der Waals surface area contributed by atoms with Crippen LogP contribution in [0.5, 0.6) is 5.75 Å². The Balaban J connectivity index is 1.56. The molecular formula is C31H49NO. The smallest absolute Gasteiger partial charge is 0.119 e. The molecule has 0 spiro atoms. The van der Waals surface area contributed by atoms with Gasteiger partial charge >= 0.3 is 0 Å². The van der Waals surface area contributed by atoms with E-state index in [9.17, 15) is 0 Å². The van der Waals surface area contributed by atoms with Crippen LogP contribution in [-0.2, 0) is 19.3 Å². The van der Waals surface area contributed by atoms with Gasteiger partial charge in [0.25, 0.3) is 0 Å². The highest BCUT2D eigenvalue weighted by Gasteiger charge is 2.01. The highest BCUT2D eigenvalue weighted by atomic mass is 16.5. The lowest BCUT2D eigenvalue weighted by atomic mass is 10.0. The van der Waals surface area contributed by atoms with Crippen LogP contribution in [0.3, 0.4) is 0 Å². The Bertz CT molecular complexity index is 692. The van der Waals surface area contributed by atoms with Crippen LogP contribution in [0, 0.1) is 0 Å². The third kappa shape index (κ3) is 13.5. The second-order valence-corrected chi connectivity index (χ2v) is 9.64. The first-order chi connectivity index (χ1) is 16.3. The second kappa shape index (κ2) is 18.6. The van der Waals surface area contributed by atoms with Crippen LogP contribution in [0.15, 0.2) is 42.6 Å². The minimum absolute atomic E-state index is 0.836. The molecule has 0 amide bonds. The fourth-order valence-corrected chi connectivity index (χ4v) is 4.31. The summed E-state index contributed by atoms with van der Waals surface area (Å²) in [6.07, 6.45) is 24.1. The Morgan fingerprint density at radius 3 is 1.73 bits per heavy atom. The molecule has 0 saturated heterocycles. The fraction of sp³-hybridized carbons (Fsp3) is 0.645. The number of aryl methyl sites for hydroxylation is 3. The maximum absolute atomic E-state index is 5.92. The molecule has 0 unspecified atom stereocenters. The van der Waals surface area contributed by atoms with Gasteiger partial charge in [-0.3, -0.25) is 4.98 Å². The van der Waals surface area contributed by atoms with E-state index in [2.05, 4.69) is 56.4 Å². The molecule has 0 N–H and O–H groups in total. The number of hydrogen-bond donors (Lipinski definition) is 0. The number of hydrogen-bond acceptors (Lipinski definition) is 2. The molecule has 1 heterocycles. The van der Waals surface area contributed by atoms with E-state index < -0.39 is 0 Å². The van der Waals surface area contributed by atoms with Crippen LogP contribution in [0.1, 0.15) is 121 Å². The van der Waals surface area contributed by atoms with Gasteiger partial charge in [-0.1, -0.05) is 109 Å². The molecule has 33 heavy (non-hydrogen) atoms. The Hall–Kier alpha value is -1.83. The minimum atomic E-state index is 0.836. The molecule has 0 fully saturated rings. The van der Waals surface area contributed by atoms with Gasteiger partial charge in [0.05, 0.1) is 6.61 Å². The highest BCUT2D eigenvalue weighted by molar-refractivity contribution is 5.28. The first-order valence-electron chi connectivity index (χ1n) is 14.0. The van der Waals surface area contributed by atoms with Gasteiger partial charge in [0.15, 0.2) is 0 Å². The number of benzene rings is 1. The largest absolute Gasteiger partial charge is 0.494 e. The summed E-state index contributed by atoms with van der Waals surface area (Å²) in [7, 11) is 0. The van der Waals surface area contributed by atoms with Gasteiger partial charge in [0.1, 0.15) is 5.75 Å². The van der Waals surface area contributed by atoms with Crippen LogP contribution in [-0.4, -0.2) is 11.6 Å². The average Bonchev–Trinajstić information content (AvgIpc) is 2.85. The third-order valence-electron chi connectivity index (χ3n) is 6.56. The van der Waals surface area contributed by atoms with E-state index in [4.69, 9.17) is 9.72 Å². The minimum Gasteiger partial charge on any atom is -0.494 e. The standard InChI is InChI=1S/C31H49NO/c1-3-5-7-9-11-13-15-17-29-19-23-30(32-27-29)22-18-28-20-24-31(25-21-28)33-26-16-14-12-10-8-6-4-2/h19-21,23-25,27H,3-18,22,26H2,1-2H3. The molecule has 0 aliphatic carbocycles. The van der Waals surface area contributed by atoms with E-state index in [0.29, 0.717) is 0 Å². The van der Waals surface area contributed by atoms with Gasteiger partial charge in [0.2, 0.25) is 0 Å². The Kier molecular flexibility index (Phi) is 15.4. The lowest BCUT2D eigenvalue weighted by Crippen LogP contribution is -1.98. The summed E-state index contributed by atoms with van der Waals surface area (Å²) in [6, 6.07) is 13.1. The normalized spacial score (nSPS) is 11.1. The molecule has 0 saturated carbocycles. The Labute approximate surface area is 204 Å². The van der Waals surface area contributed by atoms with Gasteiger partial charge in [-0.15, -0.1) is 0 Å². The maximum atomic E-state index is 5.92. The molecule has 0 aliphatic heterocycles. The number of aromatic nitrogens is 1. The summed E-state index contributed by atoms with van der Waals surface area (Å²) in [5.74, 6) is 0.998. The lowest BCUT2D eigenvalue weighted by Gasteiger charge is -2.08. The van der Waals surface area contributed by atoms with Gasteiger partial charge in [-0.25, -0.2) is 0 Å². The summed E-state index contributed by atoms with van der Waals surface area (Å²) in [4.78, 5) is 4.71. The zero-order valence-electron chi connectivity index (χ0n) is 21.6. The zero-order chi connectivity index (χ0) is 23.4. The fourth-order valence-electron chi connectivity index (χ4n) is 4.31. The van der Waals surface area contributed by atoms with Crippen molar-refractivity contribution in [3.63, 3.8) is 0 Å². The Morgan fingerprint density at radius 2 is 1.12 bits per heavy atom. The molecule has 0 aliphatic rings. The topological polar surface area (TPSA) is 22.1 Å². The van der Waals surface area contributed by atoms with Crippen molar-refractivity contribution in [2.24, 2.45) is 0 Å². The summed E-state index contributed by atoms with van der Waals surface area (Å²) in [5.41, 5.74) is 3.93. The van der Waals surface area contributed by atoms with Crippen LogP contribution in [0.25, 0.3) is 0 Å². The van der Waals surface area contributed by atoms with Gasteiger partial charge < -0.3 is 4.74 Å². The van der Waals surface area contributed by atoms with Crippen molar-refractivity contribution in [1.29, 1.82) is 0 Å². The summed E-state index contributed by atoms with van der Waals surface area (Å²) in [5, 5.41) is 0. The number of ether oxygens (including phenoxy) is 1. The lowest BCUT2D eigenvalue weighted by molar-refractivity contribution is 0.304. The molecular weight excluding hydrogens is 402 g/mol. The average molecular weight is 452 g/mol. The van der Waals surface area contributed by atoms with Crippen molar-refractivity contribution in [2.45, 2.75) is 123 Å². The Morgan fingerprint density at radius 1 is 0.545 bits per heavy atom. The monoisotopic (exact) mass is 451 g/mol. The molecule has 2 rings (SSSR count). The van der Waals surface area contributed by atoms with Crippen LogP contribution in [0.4, 0.5) is 0 Å². The van der Waals surface area contributed by atoms with Crippen molar-refractivity contribution >= 4 is 0 Å². The predicted octanol–water partition coefficient (Wildman–Crippen LogP) is 9.29. The van der Waals surface area contributed by atoms with E-state index in [1.165, 1.54) is 107 Å². The van der Waals surface area contributed by atoms with Crippen molar-refractivity contribution in [2.75, 3.05) is 6.61 Å². The quantitative estimate of drug-likeness (QED) is 0.187.